The van der Waals surface area contributed by atoms with Gasteiger partial charge in [-0.15, -0.1) is 0 Å². The molecule has 0 saturated heterocycles. The van der Waals surface area contributed by atoms with Crippen LogP contribution >= 0.6 is 22.6 Å². The Hall–Kier alpha value is -0.290. The summed E-state index contributed by atoms with van der Waals surface area (Å²) in [7, 11) is 0. The molecule has 0 spiro atoms. The van der Waals surface area contributed by atoms with Crippen LogP contribution in [0.1, 0.15) is 6.42 Å². The molecule has 0 aliphatic heterocycles. The van der Waals surface area contributed by atoms with Crippen LogP contribution in [0.25, 0.3) is 0 Å². The van der Waals surface area contributed by atoms with Crippen LogP contribution in [0.5, 0.6) is 0 Å². The molecular weight excluding hydrogens is 263 g/mol. The molecule has 0 aliphatic rings. The van der Waals surface area contributed by atoms with Crippen molar-refractivity contribution in [2.75, 3.05) is 18.4 Å². The van der Waals surface area contributed by atoms with Crippen LogP contribution in [0.4, 0.5) is 5.69 Å². The van der Waals surface area contributed by atoms with Crippen molar-refractivity contribution in [2.24, 2.45) is 5.73 Å². The highest BCUT2D eigenvalue weighted by molar-refractivity contribution is 14.1. The average Bonchev–Trinajstić information content (AvgIpc) is 2.09. The van der Waals surface area contributed by atoms with Crippen molar-refractivity contribution >= 4 is 28.3 Å². The molecule has 2 nitrogen and oxygen atoms in total. The number of hydrogen-bond acceptors (Lipinski definition) is 2. The van der Waals surface area contributed by atoms with Gasteiger partial charge in [0.1, 0.15) is 0 Å². The van der Waals surface area contributed by atoms with Crippen molar-refractivity contribution in [3.05, 3.63) is 27.8 Å². The van der Waals surface area contributed by atoms with E-state index >= 15 is 0 Å². The molecule has 0 saturated carbocycles. The van der Waals surface area contributed by atoms with Gasteiger partial charge in [-0.25, -0.2) is 0 Å². The molecule has 1 aromatic carbocycles. The maximum atomic E-state index is 5.39. The molecule has 12 heavy (non-hydrogen) atoms. The molecule has 0 radical (unpaired) electrons. The van der Waals surface area contributed by atoms with Crippen LogP contribution in [0.2, 0.25) is 0 Å². The lowest BCUT2D eigenvalue weighted by Crippen LogP contribution is -2.08. The number of halogens is 1. The molecule has 0 unspecified atom stereocenters. The minimum absolute atomic E-state index is 0.746. The summed E-state index contributed by atoms with van der Waals surface area (Å²) in [5.41, 5.74) is 6.59. The molecule has 66 valence electrons. The van der Waals surface area contributed by atoms with Crippen LogP contribution in [-0.2, 0) is 0 Å². The second kappa shape index (κ2) is 5.37. The highest BCUT2D eigenvalue weighted by Crippen LogP contribution is 2.16. The standard InChI is InChI=1S/C9H13IN2/c10-8-4-1-2-5-9(8)12-7-3-6-11/h1-2,4-5,12H,3,6-7,11H2. The zero-order valence-corrected chi connectivity index (χ0v) is 9.04. The predicted molar refractivity (Wildman–Crippen MR) is 61.3 cm³/mol. The van der Waals surface area contributed by atoms with Gasteiger partial charge in [-0.3, -0.25) is 0 Å². The SMILES string of the molecule is NCCCNc1ccccc1I. The molecule has 1 rings (SSSR count). The monoisotopic (exact) mass is 276 g/mol. The number of benzene rings is 1. The summed E-state index contributed by atoms with van der Waals surface area (Å²) in [5, 5.41) is 3.33. The molecule has 0 aromatic heterocycles. The summed E-state index contributed by atoms with van der Waals surface area (Å²) in [4.78, 5) is 0. The summed E-state index contributed by atoms with van der Waals surface area (Å²) >= 11 is 2.32. The first kappa shape index (κ1) is 9.80. The third kappa shape index (κ3) is 2.98. The molecule has 0 heterocycles. The Labute approximate surface area is 86.7 Å². The van der Waals surface area contributed by atoms with Gasteiger partial charge in [-0.2, -0.15) is 0 Å². The van der Waals surface area contributed by atoms with Gasteiger partial charge in [0.2, 0.25) is 0 Å². The Balaban J connectivity index is 2.46. The molecule has 0 amide bonds. The number of anilines is 1. The molecule has 1 aromatic rings. The van der Waals surface area contributed by atoms with Gasteiger partial charge in [-0.1, -0.05) is 12.1 Å². The van der Waals surface area contributed by atoms with Crippen molar-refractivity contribution in [1.29, 1.82) is 0 Å². The summed E-state index contributed by atoms with van der Waals surface area (Å²) in [6, 6.07) is 8.24. The quantitative estimate of drug-likeness (QED) is 0.652. The second-order valence-corrected chi connectivity index (χ2v) is 3.71. The Morgan fingerprint density at radius 2 is 2.08 bits per heavy atom. The molecule has 0 aliphatic carbocycles. The van der Waals surface area contributed by atoms with E-state index in [9.17, 15) is 0 Å². The fraction of sp³-hybridized carbons (Fsp3) is 0.333. The predicted octanol–water partition coefficient (Wildman–Crippen LogP) is 2.05. The first-order valence-electron chi connectivity index (χ1n) is 4.03. The third-order valence-corrected chi connectivity index (χ3v) is 2.51. The molecular formula is C9H13IN2. The summed E-state index contributed by atoms with van der Waals surface area (Å²) in [5.74, 6) is 0. The third-order valence-electron chi connectivity index (χ3n) is 1.57. The first-order chi connectivity index (χ1) is 5.84. The van der Waals surface area contributed by atoms with E-state index in [1.807, 2.05) is 12.1 Å². The van der Waals surface area contributed by atoms with Crippen LogP contribution in [0, 0.1) is 3.57 Å². The van der Waals surface area contributed by atoms with E-state index in [0.717, 1.165) is 19.5 Å². The molecule has 0 fully saturated rings. The fourth-order valence-electron chi connectivity index (χ4n) is 0.930. The average molecular weight is 276 g/mol. The minimum atomic E-state index is 0.746. The lowest BCUT2D eigenvalue weighted by molar-refractivity contribution is 0.874. The van der Waals surface area contributed by atoms with Gasteiger partial charge in [0.25, 0.3) is 0 Å². The minimum Gasteiger partial charge on any atom is -0.384 e. The molecule has 0 bridgehead atoms. The molecule has 3 heteroatoms. The van der Waals surface area contributed by atoms with E-state index in [1.54, 1.807) is 0 Å². The maximum absolute atomic E-state index is 5.39. The Kier molecular flexibility index (Phi) is 4.39. The van der Waals surface area contributed by atoms with Gasteiger partial charge in [-0.05, 0) is 47.7 Å². The van der Waals surface area contributed by atoms with E-state index in [0.29, 0.717) is 0 Å². The van der Waals surface area contributed by atoms with Crippen molar-refractivity contribution in [3.8, 4) is 0 Å². The van der Waals surface area contributed by atoms with Crippen LogP contribution < -0.4 is 11.1 Å². The Bertz CT molecular complexity index is 238. The number of nitrogens with one attached hydrogen (secondary N) is 1. The lowest BCUT2D eigenvalue weighted by atomic mass is 10.3. The summed E-state index contributed by atoms with van der Waals surface area (Å²) in [6.07, 6.45) is 1.02. The van der Waals surface area contributed by atoms with E-state index in [2.05, 4.69) is 40.0 Å². The topological polar surface area (TPSA) is 38.0 Å². The van der Waals surface area contributed by atoms with Crippen molar-refractivity contribution in [3.63, 3.8) is 0 Å². The summed E-state index contributed by atoms with van der Waals surface area (Å²) < 4.78 is 1.26. The number of rotatable bonds is 4. The van der Waals surface area contributed by atoms with Gasteiger partial charge < -0.3 is 11.1 Å². The zero-order valence-electron chi connectivity index (χ0n) is 6.89. The van der Waals surface area contributed by atoms with E-state index < -0.39 is 0 Å². The highest BCUT2D eigenvalue weighted by Gasteiger charge is 1.94. The van der Waals surface area contributed by atoms with E-state index in [1.165, 1.54) is 9.26 Å². The smallest absolute Gasteiger partial charge is 0.0475 e. The van der Waals surface area contributed by atoms with Gasteiger partial charge in [0.05, 0.1) is 0 Å². The molecule has 0 atom stereocenters. The normalized spacial score (nSPS) is 9.83. The number of para-hydroxylation sites is 1. The zero-order chi connectivity index (χ0) is 8.81. The highest BCUT2D eigenvalue weighted by atomic mass is 127. The first-order valence-corrected chi connectivity index (χ1v) is 5.11. The summed E-state index contributed by atoms with van der Waals surface area (Å²) in [6.45, 7) is 1.70. The second-order valence-electron chi connectivity index (χ2n) is 2.55. The Morgan fingerprint density at radius 1 is 1.33 bits per heavy atom. The maximum Gasteiger partial charge on any atom is 0.0475 e. The van der Waals surface area contributed by atoms with Gasteiger partial charge in [0, 0.05) is 15.8 Å². The largest absolute Gasteiger partial charge is 0.384 e. The van der Waals surface area contributed by atoms with Crippen LogP contribution in [-0.4, -0.2) is 13.1 Å². The number of hydrogen-bond donors (Lipinski definition) is 2. The van der Waals surface area contributed by atoms with Crippen molar-refractivity contribution in [1.82, 2.24) is 0 Å². The number of nitrogens with two attached hydrogens (primary N) is 1. The van der Waals surface area contributed by atoms with Crippen LogP contribution in [0.3, 0.4) is 0 Å². The van der Waals surface area contributed by atoms with Crippen LogP contribution in [0.15, 0.2) is 24.3 Å². The van der Waals surface area contributed by atoms with Gasteiger partial charge in [0.15, 0.2) is 0 Å². The fourth-order valence-corrected chi connectivity index (χ4v) is 1.51. The van der Waals surface area contributed by atoms with Crippen molar-refractivity contribution in [2.45, 2.75) is 6.42 Å². The Morgan fingerprint density at radius 3 is 2.75 bits per heavy atom. The van der Waals surface area contributed by atoms with E-state index in [4.69, 9.17) is 5.73 Å². The molecule has 3 N–H and O–H groups in total. The van der Waals surface area contributed by atoms with Gasteiger partial charge >= 0.3 is 0 Å². The van der Waals surface area contributed by atoms with Crippen molar-refractivity contribution < 1.29 is 0 Å². The van der Waals surface area contributed by atoms with E-state index in [-0.39, 0.29) is 0 Å². The lowest BCUT2D eigenvalue weighted by Gasteiger charge is -2.06.